The lowest BCUT2D eigenvalue weighted by Crippen LogP contribution is -2.27. The number of carbonyl (C=O) groups is 1. The van der Waals surface area contributed by atoms with Crippen LogP contribution in [0.4, 0.5) is 5.69 Å². The van der Waals surface area contributed by atoms with Crippen molar-refractivity contribution in [2.24, 2.45) is 0 Å². The van der Waals surface area contributed by atoms with E-state index in [2.05, 4.69) is 9.71 Å². The molecule has 1 aromatic carbocycles. The summed E-state index contributed by atoms with van der Waals surface area (Å²) in [4.78, 5) is 18.1. The lowest BCUT2D eigenvalue weighted by molar-refractivity contribution is -0.117. The van der Waals surface area contributed by atoms with Gasteiger partial charge in [-0.2, -0.15) is 0 Å². The number of aryl methyl sites for hydroxylation is 2. The number of benzene rings is 1. The van der Waals surface area contributed by atoms with Gasteiger partial charge in [0.2, 0.25) is 15.9 Å². The van der Waals surface area contributed by atoms with Crippen LogP contribution in [0.25, 0.3) is 0 Å². The fraction of sp³-hybridized carbons (Fsp3) is 0.412. The smallest absolute Gasteiger partial charge is 0.240 e. The highest BCUT2D eigenvalue weighted by atomic mass is 32.2. The molecule has 0 radical (unpaired) electrons. The molecule has 1 aromatic heterocycles. The number of hydrogen-bond donors (Lipinski definition) is 1. The van der Waals surface area contributed by atoms with Crippen molar-refractivity contribution in [3.05, 3.63) is 39.8 Å². The number of thiazole rings is 1. The first-order valence-electron chi connectivity index (χ1n) is 8.18. The Balaban J connectivity index is 1.70. The molecule has 2 aromatic rings. The SMILES string of the molecule is Cc1csc(CCNS(=O)(=O)c2ccc(N3CCCC3=O)cc2C)n1. The van der Waals surface area contributed by atoms with E-state index in [1.807, 2.05) is 12.3 Å². The van der Waals surface area contributed by atoms with Gasteiger partial charge < -0.3 is 4.90 Å². The number of sulfonamides is 1. The molecule has 1 amide bonds. The molecule has 134 valence electrons. The Kier molecular flexibility index (Phi) is 5.21. The third kappa shape index (κ3) is 4.08. The van der Waals surface area contributed by atoms with Crippen LogP contribution < -0.4 is 9.62 Å². The van der Waals surface area contributed by atoms with E-state index in [0.717, 1.165) is 22.8 Å². The number of aromatic nitrogens is 1. The predicted octanol–water partition coefficient (Wildman–Crippen LogP) is 2.41. The molecule has 1 N–H and O–H groups in total. The van der Waals surface area contributed by atoms with Gasteiger partial charge >= 0.3 is 0 Å². The van der Waals surface area contributed by atoms with Crippen molar-refractivity contribution in [3.63, 3.8) is 0 Å². The third-order valence-corrected chi connectivity index (χ3v) is 6.78. The van der Waals surface area contributed by atoms with Crippen molar-refractivity contribution >= 4 is 33.0 Å². The number of carbonyl (C=O) groups excluding carboxylic acids is 1. The molecule has 25 heavy (non-hydrogen) atoms. The van der Waals surface area contributed by atoms with Crippen molar-refractivity contribution in [2.75, 3.05) is 18.0 Å². The van der Waals surface area contributed by atoms with Gasteiger partial charge in [0.15, 0.2) is 0 Å². The van der Waals surface area contributed by atoms with Crippen molar-refractivity contribution in [1.82, 2.24) is 9.71 Å². The average Bonchev–Trinajstić information content (AvgIpc) is 3.15. The molecule has 0 unspecified atom stereocenters. The summed E-state index contributed by atoms with van der Waals surface area (Å²) in [6.07, 6.45) is 1.96. The maximum absolute atomic E-state index is 12.5. The molecule has 1 aliphatic heterocycles. The summed E-state index contributed by atoms with van der Waals surface area (Å²) in [5.41, 5.74) is 2.35. The van der Waals surface area contributed by atoms with Crippen molar-refractivity contribution in [3.8, 4) is 0 Å². The summed E-state index contributed by atoms with van der Waals surface area (Å²) in [5.74, 6) is 0.0897. The minimum Gasteiger partial charge on any atom is -0.312 e. The minimum absolute atomic E-state index is 0.0897. The summed E-state index contributed by atoms with van der Waals surface area (Å²) in [6, 6.07) is 5.04. The zero-order chi connectivity index (χ0) is 18.0. The van der Waals surface area contributed by atoms with Crippen LogP contribution in [0.5, 0.6) is 0 Å². The Morgan fingerprint density at radius 3 is 2.72 bits per heavy atom. The largest absolute Gasteiger partial charge is 0.312 e. The van der Waals surface area contributed by atoms with Crippen LogP contribution in [0.1, 0.15) is 29.1 Å². The predicted molar refractivity (Wildman–Crippen MR) is 98.5 cm³/mol. The zero-order valence-electron chi connectivity index (χ0n) is 14.3. The van der Waals surface area contributed by atoms with Crippen LogP contribution in [0.15, 0.2) is 28.5 Å². The molecule has 0 saturated carbocycles. The number of amides is 1. The van der Waals surface area contributed by atoms with E-state index >= 15 is 0 Å². The van der Waals surface area contributed by atoms with E-state index in [4.69, 9.17) is 0 Å². The number of hydrogen-bond acceptors (Lipinski definition) is 5. The summed E-state index contributed by atoms with van der Waals surface area (Å²) in [6.45, 7) is 4.67. The molecule has 0 aliphatic carbocycles. The van der Waals surface area contributed by atoms with E-state index in [1.54, 1.807) is 30.0 Å². The van der Waals surface area contributed by atoms with Gasteiger partial charge in [0, 0.05) is 42.7 Å². The van der Waals surface area contributed by atoms with E-state index in [0.29, 0.717) is 31.5 Å². The lowest BCUT2D eigenvalue weighted by Gasteiger charge is -2.17. The van der Waals surface area contributed by atoms with Gasteiger partial charge in [0.05, 0.1) is 9.90 Å². The highest BCUT2D eigenvalue weighted by molar-refractivity contribution is 7.89. The van der Waals surface area contributed by atoms with E-state index < -0.39 is 10.0 Å². The average molecular weight is 380 g/mol. The normalized spacial score (nSPS) is 15.1. The van der Waals surface area contributed by atoms with Gasteiger partial charge in [-0.1, -0.05) is 0 Å². The van der Waals surface area contributed by atoms with Crippen LogP contribution in [0.2, 0.25) is 0 Å². The fourth-order valence-corrected chi connectivity index (χ4v) is 4.94. The molecule has 1 saturated heterocycles. The van der Waals surface area contributed by atoms with Crippen LogP contribution in [-0.4, -0.2) is 32.4 Å². The summed E-state index contributed by atoms with van der Waals surface area (Å²) in [7, 11) is -3.58. The van der Waals surface area contributed by atoms with E-state index in [1.165, 1.54) is 11.3 Å². The molecule has 6 nitrogen and oxygen atoms in total. The summed E-state index contributed by atoms with van der Waals surface area (Å²) < 4.78 is 27.7. The minimum atomic E-state index is -3.58. The summed E-state index contributed by atoms with van der Waals surface area (Å²) >= 11 is 1.53. The van der Waals surface area contributed by atoms with Crippen LogP contribution in [0, 0.1) is 13.8 Å². The highest BCUT2D eigenvalue weighted by Crippen LogP contribution is 2.26. The maximum atomic E-state index is 12.5. The number of rotatable bonds is 6. The third-order valence-electron chi connectivity index (χ3n) is 4.13. The molecule has 0 atom stereocenters. The number of nitrogens with one attached hydrogen (secondary N) is 1. The van der Waals surface area contributed by atoms with Gasteiger partial charge in [-0.15, -0.1) is 11.3 Å². The van der Waals surface area contributed by atoms with Crippen molar-refractivity contribution < 1.29 is 13.2 Å². The molecule has 1 fully saturated rings. The van der Waals surface area contributed by atoms with Crippen LogP contribution in [0.3, 0.4) is 0 Å². The molecular weight excluding hydrogens is 358 g/mol. The monoisotopic (exact) mass is 379 g/mol. The first-order valence-corrected chi connectivity index (χ1v) is 10.5. The second-order valence-electron chi connectivity index (χ2n) is 6.13. The molecule has 8 heteroatoms. The van der Waals surface area contributed by atoms with Gasteiger partial charge in [-0.3, -0.25) is 4.79 Å². The quantitative estimate of drug-likeness (QED) is 0.836. The first kappa shape index (κ1) is 18.0. The molecule has 2 heterocycles. The van der Waals surface area contributed by atoms with E-state index in [-0.39, 0.29) is 10.8 Å². The highest BCUT2D eigenvalue weighted by Gasteiger charge is 2.23. The fourth-order valence-electron chi connectivity index (χ4n) is 2.91. The van der Waals surface area contributed by atoms with E-state index in [9.17, 15) is 13.2 Å². The first-order chi connectivity index (χ1) is 11.9. The Labute approximate surface area is 151 Å². The molecule has 1 aliphatic rings. The number of nitrogens with zero attached hydrogens (tertiary/aromatic N) is 2. The van der Waals surface area contributed by atoms with Crippen molar-refractivity contribution in [1.29, 1.82) is 0 Å². The number of anilines is 1. The Bertz CT molecular complexity index is 890. The Morgan fingerprint density at radius 1 is 1.32 bits per heavy atom. The molecule has 3 rings (SSSR count). The van der Waals surface area contributed by atoms with Gasteiger partial charge in [0.25, 0.3) is 0 Å². The van der Waals surface area contributed by atoms with Gasteiger partial charge in [0.1, 0.15) is 0 Å². The second-order valence-corrected chi connectivity index (χ2v) is 8.81. The zero-order valence-corrected chi connectivity index (χ0v) is 15.9. The Hall–Kier alpha value is -1.77. The molecular formula is C17H21N3O3S2. The lowest BCUT2D eigenvalue weighted by atomic mass is 10.2. The topological polar surface area (TPSA) is 79.4 Å². The van der Waals surface area contributed by atoms with Gasteiger partial charge in [-0.25, -0.2) is 18.1 Å². The second kappa shape index (κ2) is 7.23. The van der Waals surface area contributed by atoms with Crippen LogP contribution >= 0.6 is 11.3 Å². The Morgan fingerprint density at radius 2 is 2.12 bits per heavy atom. The summed E-state index contributed by atoms with van der Waals surface area (Å²) in [5, 5.41) is 2.87. The van der Waals surface area contributed by atoms with Gasteiger partial charge in [-0.05, 0) is 44.0 Å². The van der Waals surface area contributed by atoms with Crippen LogP contribution in [-0.2, 0) is 21.2 Å². The standard InChI is InChI=1S/C17H21N3O3S2/c1-12-10-14(20-9-3-4-17(20)21)5-6-15(12)25(22,23)18-8-7-16-19-13(2)11-24-16/h5-6,10-11,18H,3-4,7-9H2,1-2H3. The van der Waals surface area contributed by atoms with Crippen molar-refractivity contribution in [2.45, 2.75) is 38.0 Å². The molecule has 0 spiro atoms. The molecule has 0 bridgehead atoms. The maximum Gasteiger partial charge on any atom is 0.240 e.